The molecule has 2 amide bonds. The zero-order valence-corrected chi connectivity index (χ0v) is 15.1. The van der Waals surface area contributed by atoms with E-state index in [9.17, 15) is 9.59 Å². The number of anilines is 1. The average Bonchev–Trinajstić information content (AvgIpc) is 2.42. The molecule has 0 aromatic carbocycles. The fourth-order valence-corrected chi connectivity index (χ4v) is 1.86. The summed E-state index contributed by atoms with van der Waals surface area (Å²) in [7, 11) is 4.34. The number of carbonyl (C=O) groups excluding carboxylic acids is 2. The van der Waals surface area contributed by atoms with E-state index in [1.807, 2.05) is 0 Å². The SMILES string of the molecule is CON(C)C(=O)c1cc(Br)cnc1N(C)C(=O)OC(C)(C)C. The van der Waals surface area contributed by atoms with Gasteiger partial charge in [0, 0.05) is 24.8 Å². The van der Waals surface area contributed by atoms with Gasteiger partial charge in [-0.25, -0.2) is 14.8 Å². The number of carbonyl (C=O) groups is 2. The molecule has 122 valence electrons. The number of amides is 2. The fraction of sp³-hybridized carbons (Fsp3) is 0.500. The topological polar surface area (TPSA) is 72.0 Å². The number of rotatable bonds is 3. The molecule has 0 aliphatic heterocycles. The molecule has 0 radical (unpaired) electrons. The number of nitrogens with zero attached hydrogens (tertiary/aromatic N) is 3. The molecule has 1 aromatic rings. The van der Waals surface area contributed by atoms with Crippen molar-refractivity contribution in [3.05, 3.63) is 22.3 Å². The Bertz CT molecular complexity index is 572. The van der Waals surface area contributed by atoms with Crippen molar-refractivity contribution >= 4 is 33.7 Å². The average molecular weight is 374 g/mol. The Labute approximate surface area is 138 Å². The number of pyridine rings is 1. The molecule has 0 N–H and O–H groups in total. The molecule has 0 saturated heterocycles. The molecule has 22 heavy (non-hydrogen) atoms. The van der Waals surface area contributed by atoms with Crippen molar-refractivity contribution in [3.63, 3.8) is 0 Å². The lowest BCUT2D eigenvalue weighted by Gasteiger charge is -2.25. The predicted octanol–water partition coefficient (Wildman–Crippen LogP) is 2.85. The van der Waals surface area contributed by atoms with Gasteiger partial charge >= 0.3 is 6.09 Å². The Hall–Kier alpha value is -1.67. The normalized spacial score (nSPS) is 11.0. The lowest BCUT2D eigenvalue weighted by molar-refractivity contribution is -0.0756. The lowest BCUT2D eigenvalue weighted by Crippen LogP contribution is -2.36. The highest BCUT2D eigenvalue weighted by Gasteiger charge is 2.26. The van der Waals surface area contributed by atoms with E-state index in [0.717, 1.165) is 5.06 Å². The highest BCUT2D eigenvalue weighted by Crippen LogP contribution is 2.23. The Kier molecular flexibility index (Phi) is 5.90. The smallest absolute Gasteiger partial charge is 0.415 e. The number of hydrogen-bond acceptors (Lipinski definition) is 5. The quantitative estimate of drug-likeness (QED) is 0.761. The summed E-state index contributed by atoms with van der Waals surface area (Å²) in [5.41, 5.74) is -0.430. The first-order chi connectivity index (χ1) is 10.1. The molecule has 0 spiro atoms. The van der Waals surface area contributed by atoms with E-state index in [0.29, 0.717) is 4.47 Å². The van der Waals surface area contributed by atoms with E-state index in [4.69, 9.17) is 9.57 Å². The maximum absolute atomic E-state index is 12.3. The van der Waals surface area contributed by atoms with Gasteiger partial charge in [0.2, 0.25) is 0 Å². The minimum atomic E-state index is -0.645. The van der Waals surface area contributed by atoms with Gasteiger partial charge in [-0.2, -0.15) is 0 Å². The van der Waals surface area contributed by atoms with Crippen LogP contribution in [-0.2, 0) is 9.57 Å². The first-order valence-electron chi connectivity index (χ1n) is 6.51. The second-order valence-electron chi connectivity index (χ2n) is 5.55. The zero-order valence-electron chi connectivity index (χ0n) is 13.5. The Morgan fingerprint density at radius 3 is 2.36 bits per heavy atom. The van der Waals surface area contributed by atoms with Gasteiger partial charge < -0.3 is 4.74 Å². The van der Waals surface area contributed by atoms with E-state index >= 15 is 0 Å². The molecule has 8 heteroatoms. The predicted molar refractivity (Wildman–Crippen MR) is 85.7 cm³/mol. The molecule has 1 aromatic heterocycles. The monoisotopic (exact) mass is 373 g/mol. The van der Waals surface area contributed by atoms with Crippen LogP contribution in [0.15, 0.2) is 16.7 Å². The van der Waals surface area contributed by atoms with Gasteiger partial charge in [-0.3, -0.25) is 14.5 Å². The minimum Gasteiger partial charge on any atom is -0.443 e. The molecule has 0 atom stereocenters. The maximum Gasteiger partial charge on any atom is 0.415 e. The first-order valence-corrected chi connectivity index (χ1v) is 7.30. The van der Waals surface area contributed by atoms with Gasteiger partial charge in [0.05, 0.1) is 12.7 Å². The van der Waals surface area contributed by atoms with Gasteiger partial charge in [0.1, 0.15) is 5.60 Å². The van der Waals surface area contributed by atoms with Gasteiger partial charge in [-0.1, -0.05) is 0 Å². The standard InChI is InChI=1S/C14H20BrN3O4/c1-14(2,3)22-13(20)17(4)11-10(7-9(15)8-16-11)12(19)18(5)21-6/h7-8H,1-6H3. The van der Waals surface area contributed by atoms with E-state index in [1.165, 1.54) is 32.3 Å². The fourth-order valence-electron chi connectivity index (χ4n) is 1.53. The number of hydrogen-bond donors (Lipinski definition) is 0. The van der Waals surface area contributed by atoms with E-state index in [2.05, 4.69) is 20.9 Å². The third kappa shape index (κ3) is 4.67. The molecule has 0 saturated carbocycles. The molecule has 0 aliphatic rings. The van der Waals surface area contributed by atoms with Crippen molar-refractivity contribution in [2.45, 2.75) is 26.4 Å². The summed E-state index contributed by atoms with van der Waals surface area (Å²) in [6.07, 6.45) is 0.899. The molecule has 1 rings (SSSR count). The van der Waals surface area contributed by atoms with Crippen molar-refractivity contribution in [2.75, 3.05) is 26.1 Å². The molecular formula is C14H20BrN3O4. The van der Waals surface area contributed by atoms with Crippen molar-refractivity contribution in [3.8, 4) is 0 Å². The van der Waals surface area contributed by atoms with Crippen LogP contribution in [0.25, 0.3) is 0 Å². The summed E-state index contributed by atoms with van der Waals surface area (Å²) in [5.74, 6) is -0.243. The van der Waals surface area contributed by atoms with Crippen LogP contribution >= 0.6 is 15.9 Å². The van der Waals surface area contributed by atoms with E-state index in [1.54, 1.807) is 26.8 Å². The van der Waals surface area contributed by atoms with Crippen LogP contribution in [0.1, 0.15) is 31.1 Å². The van der Waals surface area contributed by atoms with Crippen LogP contribution in [0.4, 0.5) is 10.6 Å². The van der Waals surface area contributed by atoms with Crippen LogP contribution < -0.4 is 4.90 Å². The summed E-state index contributed by atoms with van der Waals surface area (Å²) in [5, 5.41) is 1.05. The van der Waals surface area contributed by atoms with Crippen molar-refractivity contribution in [1.82, 2.24) is 10.0 Å². The number of halogens is 1. The molecule has 0 unspecified atom stereocenters. The van der Waals surface area contributed by atoms with Gasteiger partial charge in [0.15, 0.2) is 5.82 Å². The number of hydroxylamine groups is 2. The molecule has 7 nitrogen and oxygen atoms in total. The Morgan fingerprint density at radius 2 is 1.86 bits per heavy atom. The number of ether oxygens (including phenoxy) is 1. The van der Waals surface area contributed by atoms with Crippen molar-refractivity contribution in [1.29, 1.82) is 0 Å². The first kappa shape index (κ1) is 18.4. The summed E-state index contributed by atoms with van der Waals surface area (Å²) >= 11 is 3.26. The van der Waals surface area contributed by atoms with E-state index in [-0.39, 0.29) is 11.4 Å². The van der Waals surface area contributed by atoms with Crippen LogP contribution in [-0.4, -0.2) is 48.9 Å². The van der Waals surface area contributed by atoms with Gasteiger partial charge in [-0.05, 0) is 42.8 Å². The largest absolute Gasteiger partial charge is 0.443 e. The third-order valence-corrected chi connectivity index (χ3v) is 3.04. The van der Waals surface area contributed by atoms with Gasteiger partial charge in [-0.15, -0.1) is 0 Å². The van der Waals surface area contributed by atoms with Crippen molar-refractivity contribution in [2.24, 2.45) is 0 Å². The number of aromatic nitrogens is 1. The maximum atomic E-state index is 12.3. The minimum absolute atomic E-state index is 0.186. The molecular weight excluding hydrogens is 354 g/mol. The lowest BCUT2D eigenvalue weighted by atomic mass is 10.2. The summed E-state index contributed by atoms with van der Waals surface area (Å²) in [6.45, 7) is 5.29. The highest BCUT2D eigenvalue weighted by molar-refractivity contribution is 9.10. The molecule has 1 heterocycles. The van der Waals surface area contributed by atoms with Crippen LogP contribution in [0.5, 0.6) is 0 Å². The Balaban J connectivity index is 3.19. The highest BCUT2D eigenvalue weighted by atomic mass is 79.9. The second-order valence-corrected chi connectivity index (χ2v) is 6.46. The van der Waals surface area contributed by atoms with Crippen LogP contribution in [0.2, 0.25) is 0 Å². The molecule has 0 aliphatic carbocycles. The molecule has 0 bridgehead atoms. The third-order valence-electron chi connectivity index (χ3n) is 2.61. The summed E-state index contributed by atoms with van der Waals surface area (Å²) < 4.78 is 5.90. The second kappa shape index (κ2) is 7.06. The Morgan fingerprint density at radius 1 is 1.27 bits per heavy atom. The summed E-state index contributed by atoms with van der Waals surface area (Å²) in [4.78, 5) is 34.7. The van der Waals surface area contributed by atoms with E-state index < -0.39 is 17.6 Å². The molecule has 0 fully saturated rings. The van der Waals surface area contributed by atoms with Crippen molar-refractivity contribution < 1.29 is 19.2 Å². The summed E-state index contributed by atoms with van der Waals surface area (Å²) in [6, 6.07) is 1.57. The van der Waals surface area contributed by atoms with Crippen LogP contribution in [0.3, 0.4) is 0 Å². The zero-order chi connectivity index (χ0) is 17.1. The van der Waals surface area contributed by atoms with Gasteiger partial charge in [0.25, 0.3) is 5.91 Å². The van der Waals surface area contributed by atoms with Crippen LogP contribution in [0, 0.1) is 0 Å².